The normalized spacial score (nSPS) is 10.5. The van der Waals surface area contributed by atoms with Crippen molar-refractivity contribution in [2.75, 3.05) is 6.61 Å². The molecule has 0 unspecified atom stereocenters. The zero-order valence-electron chi connectivity index (χ0n) is 8.72. The molecule has 0 atom stereocenters. The van der Waals surface area contributed by atoms with E-state index in [0.29, 0.717) is 0 Å². The van der Waals surface area contributed by atoms with Gasteiger partial charge in [-0.1, -0.05) is 19.1 Å². The summed E-state index contributed by atoms with van der Waals surface area (Å²) >= 11 is 0. The van der Waals surface area contributed by atoms with Crippen molar-refractivity contribution in [3.05, 3.63) is 34.4 Å². The van der Waals surface area contributed by atoms with Crippen LogP contribution >= 0.6 is 0 Å². The highest BCUT2D eigenvalue weighted by Crippen LogP contribution is 2.17. The molecule has 0 aliphatic heterocycles. The maximum Gasteiger partial charge on any atom is 0.0471 e. The molecule has 72 valence electrons. The van der Waals surface area contributed by atoms with Crippen LogP contribution in [-0.2, 0) is 12.8 Å². The van der Waals surface area contributed by atoms with Gasteiger partial charge in [0.25, 0.3) is 0 Å². The standard InChI is InChI=1S/C12H18O/c1-4-11-7-9(2)10(3)12(8-11)5-6-13/h7-8,13H,4-6H2,1-3H3. The van der Waals surface area contributed by atoms with E-state index in [9.17, 15) is 0 Å². The molecule has 0 saturated carbocycles. The summed E-state index contributed by atoms with van der Waals surface area (Å²) in [5.41, 5.74) is 5.32. The monoisotopic (exact) mass is 178 g/mol. The second-order valence-corrected chi connectivity index (χ2v) is 3.52. The first kappa shape index (κ1) is 10.3. The van der Waals surface area contributed by atoms with Crippen LogP contribution in [0.25, 0.3) is 0 Å². The van der Waals surface area contributed by atoms with E-state index in [2.05, 4.69) is 32.9 Å². The van der Waals surface area contributed by atoms with Crippen molar-refractivity contribution in [3.8, 4) is 0 Å². The van der Waals surface area contributed by atoms with Gasteiger partial charge >= 0.3 is 0 Å². The van der Waals surface area contributed by atoms with Gasteiger partial charge in [-0.3, -0.25) is 0 Å². The van der Waals surface area contributed by atoms with Gasteiger partial charge in [-0.25, -0.2) is 0 Å². The Kier molecular flexibility index (Phi) is 3.49. The number of hydrogen-bond acceptors (Lipinski definition) is 1. The number of aliphatic hydroxyl groups excluding tert-OH is 1. The first-order valence-electron chi connectivity index (χ1n) is 4.89. The number of benzene rings is 1. The summed E-state index contributed by atoms with van der Waals surface area (Å²) in [5.74, 6) is 0. The van der Waals surface area contributed by atoms with E-state index in [4.69, 9.17) is 5.11 Å². The van der Waals surface area contributed by atoms with E-state index in [0.717, 1.165) is 12.8 Å². The van der Waals surface area contributed by atoms with Gasteiger partial charge < -0.3 is 5.11 Å². The second-order valence-electron chi connectivity index (χ2n) is 3.52. The first-order valence-corrected chi connectivity index (χ1v) is 4.89. The Labute approximate surface area is 80.4 Å². The molecule has 0 aromatic heterocycles. The Hall–Kier alpha value is -0.820. The maximum atomic E-state index is 8.90. The van der Waals surface area contributed by atoms with Crippen LogP contribution in [0.4, 0.5) is 0 Å². The summed E-state index contributed by atoms with van der Waals surface area (Å²) in [6.07, 6.45) is 1.85. The Morgan fingerprint density at radius 1 is 1.23 bits per heavy atom. The van der Waals surface area contributed by atoms with Crippen LogP contribution in [0.2, 0.25) is 0 Å². The highest BCUT2D eigenvalue weighted by molar-refractivity contribution is 5.37. The molecule has 1 aromatic carbocycles. The molecule has 1 nitrogen and oxygen atoms in total. The molecule has 0 aliphatic carbocycles. The number of aryl methyl sites for hydroxylation is 2. The highest BCUT2D eigenvalue weighted by atomic mass is 16.2. The number of aliphatic hydroxyl groups is 1. The van der Waals surface area contributed by atoms with Crippen molar-refractivity contribution in [2.24, 2.45) is 0 Å². The fraction of sp³-hybridized carbons (Fsp3) is 0.500. The van der Waals surface area contributed by atoms with Gasteiger partial charge in [-0.15, -0.1) is 0 Å². The van der Waals surface area contributed by atoms with Crippen molar-refractivity contribution < 1.29 is 5.11 Å². The van der Waals surface area contributed by atoms with Crippen LogP contribution in [-0.4, -0.2) is 11.7 Å². The van der Waals surface area contributed by atoms with Gasteiger partial charge in [0, 0.05) is 6.61 Å². The van der Waals surface area contributed by atoms with Gasteiger partial charge in [0.05, 0.1) is 0 Å². The number of rotatable bonds is 3. The fourth-order valence-corrected chi connectivity index (χ4v) is 1.60. The summed E-state index contributed by atoms with van der Waals surface area (Å²) in [6, 6.07) is 4.44. The largest absolute Gasteiger partial charge is 0.396 e. The maximum absolute atomic E-state index is 8.90. The van der Waals surface area contributed by atoms with E-state index in [-0.39, 0.29) is 6.61 Å². The molecule has 0 amide bonds. The topological polar surface area (TPSA) is 20.2 Å². The third-order valence-corrected chi connectivity index (χ3v) is 2.62. The lowest BCUT2D eigenvalue weighted by atomic mass is 9.97. The quantitative estimate of drug-likeness (QED) is 0.753. The predicted octanol–water partition coefficient (Wildman–Crippen LogP) is 2.40. The molecule has 0 spiro atoms. The average Bonchev–Trinajstić information content (AvgIpc) is 2.13. The molecule has 0 fully saturated rings. The van der Waals surface area contributed by atoms with E-state index < -0.39 is 0 Å². The SMILES string of the molecule is CCc1cc(C)c(C)c(CCO)c1. The van der Waals surface area contributed by atoms with Crippen LogP contribution in [0.3, 0.4) is 0 Å². The van der Waals surface area contributed by atoms with Crippen molar-refractivity contribution in [1.82, 2.24) is 0 Å². The molecule has 0 heterocycles. The summed E-state index contributed by atoms with van der Waals surface area (Å²) < 4.78 is 0. The van der Waals surface area contributed by atoms with Gasteiger partial charge in [-0.05, 0) is 48.9 Å². The molecule has 0 saturated heterocycles. The molecule has 0 radical (unpaired) electrons. The van der Waals surface area contributed by atoms with E-state index >= 15 is 0 Å². The van der Waals surface area contributed by atoms with Crippen LogP contribution in [0.5, 0.6) is 0 Å². The zero-order valence-corrected chi connectivity index (χ0v) is 8.72. The van der Waals surface area contributed by atoms with E-state index in [1.165, 1.54) is 22.3 Å². The van der Waals surface area contributed by atoms with Crippen molar-refractivity contribution >= 4 is 0 Å². The lowest BCUT2D eigenvalue weighted by Crippen LogP contribution is -1.98. The summed E-state index contributed by atoms with van der Waals surface area (Å²) in [4.78, 5) is 0. The van der Waals surface area contributed by atoms with Gasteiger partial charge in [0.2, 0.25) is 0 Å². The Balaban J connectivity index is 3.09. The summed E-state index contributed by atoms with van der Waals surface area (Å²) in [6.45, 7) is 6.66. The Morgan fingerprint density at radius 2 is 1.92 bits per heavy atom. The molecule has 0 bridgehead atoms. The molecule has 1 N–H and O–H groups in total. The fourth-order valence-electron chi connectivity index (χ4n) is 1.60. The minimum atomic E-state index is 0.243. The predicted molar refractivity (Wildman–Crippen MR) is 56.1 cm³/mol. The third kappa shape index (κ3) is 2.31. The molecular weight excluding hydrogens is 160 g/mol. The van der Waals surface area contributed by atoms with Gasteiger partial charge in [0.1, 0.15) is 0 Å². The number of hydrogen-bond donors (Lipinski definition) is 1. The lowest BCUT2D eigenvalue weighted by molar-refractivity contribution is 0.299. The molecule has 1 aromatic rings. The van der Waals surface area contributed by atoms with E-state index in [1.54, 1.807) is 0 Å². The molecular formula is C12H18O. The second kappa shape index (κ2) is 4.43. The first-order chi connectivity index (χ1) is 6.19. The minimum Gasteiger partial charge on any atom is -0.396 e. The summed E-state index contributed by atoms with van der Waals surface area (Å²) in [5, 5.41) is 8.90. The van der Waals surface area contributed by atoms with E-state index in [1.807, 2.05) is 0 Å². The summed E-state index contributed by atoms with van der Waals surface area (Å²) in [7, 11) is 0. The smallest absolute Gasteiger partial charge is 0.0471 e. The van der Waals surface area contributed by atoms with Crippen LogP contribution < -0.4 is 0 Å². The molecule has 1 heteroatoms. The molecule has 1 rings (SSSR count). The van der Waals surface area contributed by atoms with Crippen molar-refractivity contribution in [1.29, 1.82) is 0 Å². The Bertz CT molecular complexity index is 289. The van der Waals surface area contributed by atoms with Gasteiger partial charge in [-0.2, -0.15) is 0 Å². The Morgan fingerprint density at radius 3 is 2.46 bits per heavy atom. The van der Waals surface area contributed by atoms with Crippen LogP contribution in [0.15, 0.2) is 12.1 Å². The third-order valence-electron chi connectivity index (χ3n) is 2.62. The minimum absolute atomic E-state index is 0.243. The molecule has 0 aliphatic rings. The molecule has 13 heavy (non-hydrogen) atoms. The lowest BCUT2D eigenvalue weighted by Gasteiger charge is -2.10. The average molecular weight is 178 g/mol. The van der Waals surface area contributed by atoms with Crippen molar-refractivity contribution in [2.45, 2.75) is 33.6 Å². The highest BCUT2D eigenvalue weighted by Gasteiger charge is 2.02. The zero-order chi connectivity index (χ0) is 9.84. The van der Waals surface area contributed by atoms with Crippen molar-refractivity contribution in [3.63, 3.8) is 0 Å². The van der Waals surface area contributed by atoms with Crippen LogP contribution in [0, 0.1) is 13.8 Å². The van der Waals surface area contributed by atoms with Gasteiger partial charge in [0.15, 0.2) is 0 Å². The van der Waals surface area contributed by atoms with Crippen LogP contribution in [0.1, 0.15) is 29.2 Å².